The van der Waals surface area contributed by atoms with Crippen LogP contribution in [0, 0.1) is 0 Å². The van der Waals surface area contributed by atoms with E-state index in [0.29, 0.717) is 15.6 Å². The summed E-state index contributed by atoms with van der Waals surface area (Å²) < 4.78 is 0.862. The first-order valence-corrected chi connectivity index (χ1v) is 6.94. The van der Waals surface area contributed by atoms with Crippen molar-refractivity contribution in [2.45, 2.75) is 6.10 Å². The molecule has 0 aliphatic heterocycles. The molecule has 0 bridgehead atoms. The van der Waals surface area contributed by atoms with Gasteiger partial charge < -0.3 is 5.11 Å². The highest BCUT2D eigenvalue weighted by molar-refractivity contribution is 9.10. The summed E-state index contributed by atoms with van der Waals surface area (Å²) in [5, 5.41) is 14.9. The Labute approximate surface area is 116 Å². The van der Waals surface area contributed by atoms with Gasteiger partial charge in [0.25, 0.3) is 0 Å². The van der Waals surface area contributed by atoms with Gasteiger partial charge in [-0.05, 0) is 33.4 Å². The molecule has 0 radical (unpaired) electrons. The molecule has 2 rings (SSSR count). The predicted molar refractivity (Wildman–Crippen MR) is 72.5 cm³/mol. The van der Waals surface area contributed by atoms with E-state index in [1.165, 1.54) is 11.3 Å². The first kappa shape index (κ1) is 12.4. The van der Waals surface area contributed by atoms with Gasteiger partial charge in [0.1, 0.15) is 6.10 Å². The van der Waals surface area contributed by atoms with E-state index in [1.807, 2.05) is 10.8 Å². The van der Waals surface area contributed by atoms with Gasteiger partial charge >= 0.3 is 0 Å². The van der Waals surface area contributed by atoms with Crippen molar-refractivity contribution in [3.05, 3.63) is 54.6 Å². The Morgan fingerprint density at radius 3 is 2.31 bits per heavy atom. The lowest BCUT2D eigenvalue weighted by Crippen LogP contribution is -2.00. The van der Waals surface area contributed by atoms with Gasteiger partial charge in [-0.1, -0.05) is 29.3 Å². The first-order chi connectivity index (χ1) is 7.61. The molecule has 16 heavy (non-hydrogen) atoms. The fourth-order valence-corrected chi connectivity index (χ4v) is 3.55. The monoisotopic (exact) mass is 336 g/mol. The Balaban J connectivity index is 2.49. The van der Waals surface area contributed by atoms with E-state index in [-0.39, 0.29) is 0 Å². The predicted octanol–water partition coefficient (Wildman–Crippen LogP) is 4.90. The zero-order valence-corrected chi connectivity index (χ0v) is 11.9. The van der Waals surface area contributed by atoms with E-state index in [9.17, 15) is 5.11 Å². The summed E-state index contributed by atoms with van der Waals surface area (Å²) in [6, 6.07) is 5.18. The zero-order valence-electron chi connectivity index (χ0n) is 7.95. The number of hydrogen-bond acceptors (Lipinski definition) is 2. The Kier molecular flexibility index (Phi) is 3.93. The van der Waals surface area contributed by atoms with Crippen LogP contribution in [0.1, 0.15) is 17.2 Å². The molecule has 1 heterocycles. The van der Waals surface area contributed by atoms with Crippen LogP contribution in [0.5, 0.6) is 0 Å². The summed E-state index contributed by atoms with van der Waals surface area (Å²) in [5.74, 6) is 0. The fraction of sp³-hybridized carbons (Fsp3) is 0.0909. The molecule has 0 aliphatic carbocycles. The minimum atomic E-state index is -0.804. The van der Waals surface area contributed by atoms with E-state index >= 15 is 0 Å². The molecular formula is C11H7BrCl2OS. The Bertz CT molecular complexity index is 492. The highest BCUT2D eigenvalue weighted by Crippen LogP contribution is 2.37. The lowest BCUT2D eigenvalue weighted by Gasteiger charge is -2.13. The standard InChI is InChI=1S/C11H7BrCl2OS/c12-7-5-16-4-6(7)11(15)10-8(13)2-1-3-9(10)14/h1-5,11,15H. The highest BCUT2D eigenvalue weighted by atomic mass is 79.9. The molecule has 0 spiro atoms. The topological polar surface area (TPSA) is 20.2 Å². The third-order valence-corrected chi connectivity index (χ3v) is 4.62. The quantitative estimate of drug-likeness (QED) is 0.826. The van der Waals surface area contributed by atoms with E-state index in [1.54, 1.807) is 18.2 Å². The van der Waals surface area contributed by atoms with Crippen LogP contribution in [-0.2, 0) is 0 Å². The van der Waals surface area contributed by atoms with Gasteiger partial charge in [0.2, 0.25) is 0 Å². The van der Waals surface area contributed by atoms with Crippen LogP contribution in [-0.4, -0.2) is 5.11 Å². The molecule has 84 valence electrons. The summed E-state index contributed by atoms with van der Waals surface area (Å²) in [4.78, 5) is 0. The molecule has 1 aromatic heterocycles. The number of thiophene rings is 1. The van der Waals surface area contributed by atoms with Gasteiger partial charge in [-0.2, -0.15) is 11.3 Å². The van der Waals surface area contributed by atoms with E-state index < -0.39 is 6.10 Å². The molecule has 1 nitrogen and oxygen atoms in total. The molecule has 2 aromatic rings. The number of aliphatic hydroxyl groups excluding tert-OH is 1. The summed E-state index contributed by atoms with van der Waals surface area (Å²) in [5.41, 5.74) is 1.32. The summed E-state index contributed by atoms with van der Waals surface area (Å²) in [6.45, 7) is 0. The fourth-order valence-electron chi connectivity index (χ4n) is 1.41. The van der Waals surface area contributed by atoms with Crippen LogP contribution in [0.25, 0.3) is 0 Å². The lowest BCUT2D eigenvalue weighted by atomic mass is 10.0. The first-order valence-electron chi connectivity index (χ1n) is 4.45. The van der Waals surface area contributed by atoms with Crippen molar-refractivity contribution in [1.82, 2.24) is 0 Å². The number of aliphatic hydroxyl groups is 1. The van der Waals surface area contributed by atoms with Crippen molar-refractivity contribution in [1.29, 1.82) is 0 Å². The molecule has 0 saturated heterocycles. The van der Waals surface area contributed by atoms with Crippen LogP contribution in [0.4, 0.5) is 0 Å². The van der Waals surface area contributed by atoms with Crippen LogP contribution >= 0.6 is 50.5 Å². The van der Waals surface area contributed by atoms with Crippen molar-refractivity contribution in [3.8, 4) is 0 Å². The number of rotatable bonds is 2. The van der Waals surface area contributed by atoms with Crippen molar-refractivity contribution in [2.24, 2.45) is 0 Å². The molecular weight excluding hydrogens is 331 g/mol. The van der Waals surface area contributed by atoms with Crippen molar-refractivity contribution in [3.63, 3.8) is 0 Å². The molecule has 0 aliphatic rings. The van der Waals surface area contributed by atoms with Crippen molar-refractivity contribution >= 4 is 50.5 Å². The van der Waals surface area contributed by atoms with Gasteiger partial charge in [-0.3, -0.25) is 0 Å². The second-order valence-electron chi connectivity index (χ2n) is 3.21. The molecule has 5 heteroatoms. The van der Waals surface area contributed by atoms with Gasteiger partial charge in [-0.25, -0.2) is 0 Å². The lowest BCUT2D eigenvalue weighted by molar-refractivity contribution is 0.220. The largest absolute Gasteiger partial charge is 0.383 e. The number of hydrogen-bond donors (Lipinski definition) is 1. The van der Waals surface area contributed by atoms with Crippen LogP contribution < -0.4 is 0 Å². The van der Waals surface area contributed by atoms with Crippen LogP contribution in [0.2, 0.25) is 10.0 Å². The van der Waals surface area contributed by atoms with E-state index in [0.717, 1.165) is 10.0 Å². The second-order valence-corrected chi connectivity index (χ2v) is 5.63. The Morgan fingerprint density at radius 1 is 1.19 bits per heavy atom. The molecule has 1 unspecified atom stereocenters. The van der Waals surface area contributed by atoms with Crippen LogP contribution in [0.15, 0.2) is 33.4 Å². The van der Waals surface area contributed by atoms with Gasteiger partial charge in [0.15, 0.2) is 0 Å². The molecule has 1 aromatic carbocycles. The molecule has 0 amide bonds. The number of halogens is 3. The zero-order chi connectivity index (χ0) is 11.7. The maximum Gasteiger partial charge on any atom is 0.109 e. The summed E-state index contributed by atoms with van der Waals surface area (Å²) in [7, 11) is 0. The van der Waals surface area contributed by atoms with Gasteiger partial charge in [0.05, 0.1) is 0 Å². The molecule has 1 atom stereocenters. The third kappa shape index (κ3) is 2.29. The van der Waals surface area contributed by atoms with E-state index in [2.05, 4.69) is 15.9 Å². The van der Waals surface area contributed by atoms with E-state index in [4.69, 9.17) is 23.2 Å². The normalized spacial score (nSPS) is 12.8. The third-order valence-electron chi connectivity index (χ3n) is 2.21. The SMILES string of the molecule is OC(c1cscc1Br)c1c(Cl)cccc1Cl. The maximum absolute atomic E-state index is 10.2. The van der Waals surface area contributed by atoms with Gasteiger partial charge in [0, 0.05) is 31.0 Å². The van der Waals surface area contributed by atoms with Crippen molar-refractivity contribution < 1.29 is 5.11 Å². The molecule has 1 N–H and O–H groups in total. The summed E-state index contributed by atoms with van der Waals surface area (Å²) >= 11 is 17.0. The molecule has 0 fully saturated rings. The average Bonchev–Trinajstić information content (AvgIpc) is 2.64. The minimum absolute atomic E-state index is 0.470. The Hall–Kier alpha value is -0.0600. The second kappa shape index (κ2) is 5.07. The maximum atomic E-state index is 10.2. The average molecular weight is 338 g/mol. The van der Waals surface area contributed by atoms with Crippen LogP contribution in [0.3, 0.4) is 0 Å². The minimum Gasteiger partial charge on any atom is -0.383 e. The molecule has 0 saturated carbocycles. The smallest absolute Gasteiger partial charge is 0.109 e. The Morgan fingerprint density at radius 2 is 1.81 bits per heavy atom. The summed E-state index contributed by atoms with van der Waals surface area (Å²) in [6.07, 6.45) is -0.804. The van der Waals surface area contributed by atoms with Gasteiger partial charge in [-0.15, -0.1) is 0 Å². The highest BCUT2D eigenvalue weighted by Gasteiger charge is 2.19. The van der Waals surface area contributed by atoms with Crippen molar-refractivity contribution in [2.75, 3.05) is 0 Å². The number of benzene rings is 1.